The molecule has 9 rings (SSSR count). The zero-order valence-corrected chi connectivity index (χ0v) is 25.5. The van der Waals surface area contributed by atoms with Crippen LogP contribution in [0.2, 0.25) is 0 Å². The van der Waals surface area contributed by atoms with Crippen molar-refractivity contribution in [2.45, 2.75) is 0 Å². The molecule has 7 aromatic carbocycles. The van der Waals surface area contributed by atoms with E-state index in [1.54, 1.807) is 0 Å². The van der Waals surface area contributed by atoms with Crippen LogP contribution in [0.1, 0.15) is 0 Å². The molecule has 2 aromatic heterocycles. The maximum absolute atomic E-state index is 5.30. The number of hydrogen-bond donors (Lipinski definition) is 0. The second-order valence-electron chi connectivity index (χ2n) is 11.6. The molecule has 0 aliphatic carbocycles. The molecule has 220 valence electrons. The smallest absolute Gasteiger partial charge is 0.162 e. The first-order valence-corrected chi connectivity index (χ1v) is 15.8. The largest absolute Gasteiger partial charge is 0.310 e. The summed E-state index contributed by atoms with van der Waals surface area (Å²) >= 11 is 0. The second-order valence-corrected chi connectivity index (χ2v) is 11.6. The molecule has 9 aromatic rings. The SMILES string of the molecule is c1ccc(-c2nc(-c3ccccc3)c3ccc4nc(-c5ccccc5N(c5ccccc5)c5ccccc5)nc5ccc2c3c54)cc1. The molecule has 0 saturated heterocycles. The summed E-state index contributed by atoms with van der Waals surface area (Å²) in [6.45, 7) is 0. The Morgan fingerprint density at radius 3 is 1.32 bits per heavy atom. The van der Waals surface area contributed by atoms with E-state index < -0.39 is 0 Å². The number of pyridine rings is 1. The average Bonchev–Trinajstić information content (AvgIpc) is 3.15. The molecule has 0 bridgehead atoms. The molecular weight excluding hydrogens is 573 g/mol. The first-order valence-electron chi connectivity index (χ1n) is 15.8. The van der Waals surface area contributed by atoms with Crippen LogP contribution >= 0.6 is 0 Å². The van der Waals surface area contributed by atoms with Gasteiger partial charge in [-0.1, -0.05) is 109 Å². The minimum Gasteiger partial charge on any atom is -0.310 e. The minimum atomic E-state index is 0.688. The molecule has 0 amide bonds. The Morgan fingerprint density at radius 1 is 0.362 bits per heavy atom. The van der Waals surface area contributed by atoms with Gasteiger partial charge in [-0.05, 0) is 60.7 Å². The highest BCUT2D eigenvalue weighted by Gasteiger charge is 2.22. The fraction of sp³-hybridized carbons (Fsp3) is 0. The number of benzene rings is 7. The average molecular weight is 601 g/mol. The lowest BCUT2D eigenvalue weighted by Gasteiger charge is -2.27. The first kappa shape index (κ1) is 27.0. The molecule has 0 fully saturated rings. The molecule has 0 spiro atoms. The van der Waals surface area contributed by atoms with E-state index in [0.717, 1.165) is 77.7 Å². The number of rotatable bonds is 6. The van der Waals surface area contributed by atoms with Gasteiger partial charge in [0.05, 0.1) is 28.1 Å². The summed E-state index contributed by atoms with van der Waals surface area (Å²) < 4.78 is 0. The van der Waals surface area contributed by atoms with Crippen LogP contribution in [-0.2, 0) is 0 Å². The quantitative estimate of drug-likeness (QED) is 0.178. The van der Waals surface area contributed by atoms with Gasteiger partial charge in [-0.3, -0.25) is 0 Å². The van der Waals surface area contributed by atoms with E-state index in [2.05, 4.69) is 150 Å². The summed E-state index contributed by atoms with van der Waals surface area (Å²) in [7, 11) is 0. The third-order valence-corrected chi connectivity index (χ3v) is 8.81. The summed E-state index contributed by atoms with van der Waals surface area (Å²) in [6, 6.07) is 58.8. The molecule has 4 nitrogen and oxygen atoms in total. The van der Waals surface area contributed by atoms with Gasteiger partial charge >= 0.3 is 0 Å². The van der Waals surface area contributed by atoms with Gasteiger partial charge in [-0.2, -0.15) is 0 Å². The Labute approximate surface area is 272 Å². The number of anilines is 3. The Kier molecular flexibility index (Phi) is 6.43. The van der Waals surface area contributed by atoms with Crippen molar-refractivity contribution in [1.29, 1.82) is 0 Å². The first-order chi connectivity index (χ1) is 23.3. The fourth-order valence-corrected chi connectivity index (χ4v) is 6.72. The molecule has 47 heavy (non-hydrogen) atoms. The summed E-state index contributed by atoms with van der Waals surface area (Å²) in [4.78, 5) is 18.1. The Hall–Kier alpha value is -6.39. The third-order valence-electron chi connectivity index (χ3n) is 8.81. The van der Waals surface area contributed by atoms with Crippen molar-refractivity contribution < 1.29 is 0 Å². The van der Waals surface area contributed by atoms with Gasteiger partial charge in [0, 0.05) is 49.6 Å². The normalized spacial score (nSPS) is 11.4. The van der Waals surface area contributed by atoms with Crippen molar-refractivity contribution in [3.63, 3.8) is 0 Å². The zero-order chi connectivity index (χ0) is 31.2. The van der Waals surface area contributed by atoms with Crippen molar-refractivity contribution in [2.75, 3.05) is 4.90 Å². The summed E-state index contributed by atoms with van der Waals surface area (Å²) in [6.07, 6.45) is 0. The number of para-hydroxylation sites is 3. The highest BCUT2D eigenvalue weighted by Crippen LogP contribution is 2.44. The van der Waals surface area contributed by atoms with Gasteiger partial charge in [-0.15, -0.1) is 0 Å². The molecular formula is C43H28N4. The molecule has 0 unspecified atom stereocenters. The molecule has 0 aliphatic heterocycles. The zero-order valence-electron chi connectivity index (χ0n) is 25.5. The molecule has 0 atom stereocenters. The lowest BCUT2D eigenvalue weighted by Crippen LogP contribution is -2.11. The van der Waals surface area contributed by atoms with E-state index >= 15 is 0 Å². The third kappa shape index (κ3) is 4.58. The van der Waals surface area contributed by atoms with Crippen molar-refractivity contribution >= 4 is 49.6 Å². The lowest BCUT2D eigenvalue weighted by molar-refractivity contribution is 1.23. The Morgan fingerprint density at radius 2 is 0.809 bits per heavy atom. The monoisotopic (exact) mass is 600 g/mol. The fourth-order valence-electron chi connectivity index (χ4n) is 6.72. The van der Waals surface area contributed by atoms with E-state index in [4.69, 9.17) is 15.0 Å². The predicted molar refractivity (Wildman–Crippen MR) is 195 cm³/mol. The van der Waals surface area contributed by atoms with Gasteiger partial charge in [-0.25, -0.2) is 15.0 Å². The Bertz CT molecular complexity index is 2350. The van der Waals surface area contributed by atoms with Crippen LogP contribution < -0.4 is 4.90 Å². The van der Waals surface area contributed by atoms with Gasteiger partial charge < -0.3 is 4.90 Å². The van der Waals surface area contributed by atoms with Crippen LogP contribution in [0, 0.1) is 0 Å². The van der Waals surface area contributed by atoms with Crippen molar-refractivity contribution in [2.24, 2.45) is 0 Å². The highest BCUT2D eigenvalue weighted by atomic mass is 15.1. The molecule has 0 saturated carbocycles. The number of nitrogens with zero attached hydrogens (tertiary/aromatic N) is 4. The summed E-state index contributed by atoms with van der Waals surface area (Å²) in [5, 5.41) is 4.39. The Balaban J connectivity index is 1.30. The van der Waals surface area contributed by atoms with Crippen molar-refractivity contribution in [1.82, 2.24) is 15.0 Å². The summed E-state index contributed by atoms with van der Waals surface area (Å²) in [5.41, 5.74) is 10.0. The predicted octanol–water partition coefficient (Wildman–Crippen LogP) is 11.2. The van der Waals surface area contributed by atoms with E-state index in [-0.39, 0.29) is 0 Å². The number of aromatic nitrogens is 3. The van der Waals surface area contributed by atoms with Crippen LogP contribution in [0.15, 0.2) is 170 Å². The molecule has 2 heterocycles. The maximum atomic E-state index is 5.30. The van der Waals surface area contributed by atoms with Crippen LogP contribution in [0.25, 0.3) is 66.5 Å². The molecule has 0 radical (unpaired) electrons. The van der Waals surface area contributed by atoms with E-state index in [0.29, 0.717) is 5.82 Å². The van der Waals surface area contributed by atoms with Gasteiger partial charge in [0.25, 0.3) is 0 Å². The van der Waals surface area contributed by atoms with Crippen molar-refractivity contribution in [3.05, 3.63) is 170 Å². The van der Waals surface area contributed by atoms with Gasteiger partial charge in [0.1, 0.15) is 0 Å². The van der Waals surface area contributed by atoms with E-state index in [1.807, 2.05) is 24.3 Å². The highest BCUT2D eigenvalue weighted by molar-refractivity contribution is 6.26. The minimum absolute atomic E-state index is 0.688. The molecule has 4 heteroatoms. The van der Waals surface area contributed by atoms with Gasteiger partial charge in [0.2, 0.25) is 0 Å². The van der Waals surface area contributed by atoms with Crippen LogP contribution in [0.4, 0.5) is 17.1 Å². The summed E-state index contributed by atoms with van der Waals surface area (Å²) in [5.74, 6) is 0.688. The van der Waals surface area contributed by atoms with Crippen LogP contribution in [0.3, 0.4) is 0 Å². The van der Waals surface area contributed by atoms with Gasteiger partial charge in [0.15, 0.2) is 5.82 Å². The second kappa shape index (κ2) is 11.2. The van der Waals surface area contributed by atoms with Crippen molar-refractivity contribution in [3.8, 4) is 33.9 Å². The topological polar surface area (TPSA) is 41.9 Å². The van der Waals surface area contributed by atoms with E-state index in [1.165, 1.54) is 0 Å². The van der Waals surface area contributed by atoms with Crippen LogP contribution in [-0.4, -0.2) is 15.0 Å². The maximum Gasteiger partial charge on any atom is 0.162 e. The standard InChI is InChI=1S/C43H28N4/c1-5-15-29(16-6-1)41-34-25-27-36-40-37(28-26-35(39(34)40)42(46-41)30-17-7-2-8-18-30)45-43(44-36)33-23-13-14-24-38(33)47(31-19-9-3-10-20-31)32-21-11-4-12-22-32/h1-28H. The molecule has 0 aliphatic rings. The molecule has 0 N–H and O–H groups in total. The van der Waals surface area contributed by atoms with Crippen LogP contribution in [0.5, 0.6) is 0 Å². The lowest BCUT2D eigenvalue weighted by atomic mass is 9.93. The number of hydrogen-bond acceptors (Lipinski definition) is 4. The van der Waals surface area contributed by atoms with E-state index in [9.17, 15) is 0 Å².